The van der Waals surface area contributed by atoms with Crippen LogP contribution in [0.5, 0.6) is 0 Å². The van der Waals surface area contributed by atoms with Gasteiger partial charge in [0.1, 0.15) is 6.61 Å². The minimum Gasteiger partial charge on any atom is -0.444 e. The zero-order valence-corrected chi connectivity index (χ0v) is 13.7. The van der Waals surface area contributed by atoms with Crippen molar-refractivity contribution in [3.63, 3.8) is 0 Å². The zero-order valence-electron chi connectivity index (χ0n) is 13.7. The summed E-state index contributed by atoms with van der Waals surface area (Å²) < 4.78 is 46.5. The Balaban J connectivity index is 1.58. The summed E-state index contributed by atoms with van der Waals surface area (Å²) in [5, 5.41) is 5.55. The normalized spacial score (nSPS) is 11.3. The summed E-state index contributed by atoms with van der Waals surface area (Å²) in [6, 6.07) is 1.82. The van der Waals surface area contributed by atoms with E-state index in [1.807, 2.05) is 13.0 Å². The summed E-state index contributed by atoms with van der Waals surface area (Å²) in [6.45, 7) is 1.87. The first-order valence-electron chi connectivity index (χ1n) is 7.39. The molecule has 0 saturated carbocycles. The highest BCUT2D eigenvalue weighted by atomic mass is 19.4. The third kappa shape index (κ3) is 4.74. The molecule has 0 bridgehead atoms. The topological polar surface area (TPSA) is 116 Å². The first-order chi connectivity index (χ1) is 12.8. The SMILES string of the molecule is Cc1cncc(COC(=O)Nc2cnc(-c3noc(C(F)(F)F)n3)nc2)c1. The van der Waals surface area contributed by atoms with Crippen LogP contribution in [0.15, 0.2) is 35.4 Å². The zero-order chi connectivity index (χ0) is 19.4. The van der Waals surface area contributed by atoms with Crippen LogP contribution in [-0.2, 0) is 17.5 Å². The standard InChI is InChI=1S/C15H11F3N6O3/c1-8-2-9(4-19-3-8)7-26-14(25)22-10-5-20-11(21-6-10)12-23-13(27-24-12)15(16,17)18/h2-6H,7H2,1H3,(H,22,25). The average molecular weight is 380 g/mol. The molecule has 0 spiro atoms. The predicted octanol–water partition coefficient (Wildman–Crippen LogP) is 3.00. The Labute approximate surface area is 149 Å². The maximum absolute atomic E-state index is 12.4. The number of hydrogen-bond donors (Lipinski definition) is 1. The number of carbonyl (C=O) groups excluding carboxylic acids is 1. The molecule has 1 amide bonds. The smallest absolute Gasteiger partial charge is 0.444 e. The number of aryl methyl sites for hydroxylation is 1. The van der Waals surface area contributed by atoms with Gasteiger partial charge in [-0.3, -0.25) is 10.3 Å². The quantitative estimate of drug-likeness (QED) is 0.734. The maximum Gasteiger partial charge on any atom is 0.471 e. The van der Waals surface area contributed by atoms with Crippen LogP contribution in [0.4, 0.5) is 23.7 Å². The van der Waals surface area contributed by atoms with Crippen LogP contribution in [0.1, 0.15) is 17.0 Å². The number of alkyl halides is 3. The first kappa shape index (κ1) is 18.2. The summed E-state index contributed by atoms with van der Waals surface area (Å²) in [7, 11) is 0. The van der Waals surface area contributed by atoms with E-state index in [-0.39, 0.29) is 18.1 Å². The molecule has 0 aromatic carbocycles. The second-order valence-corrected chi connectivity index (χ2v) is 5.29. The van der Waals surface area contributed by atoms with Crippen LogP contribution in [0.3, 0.4) is 0 Å². The van der Waals surface area contributed by atoms with E-state index in [1.165, 1.54) is 12.4 Å². The highest BCUT2D eigenvalue weighted by Crippen LogP contribution is 2.28. The number of pyridine rings is 1. The number of amides is 1. The van der Waals surface area contributed by atoms with Crippen molar-refractivity contribution in [1.82, 2.24) is 25.1 Å². The summed E-state index contributed by atoms with van der Waals surface area (Å²) in [4.78, 5) is 26.5. The second kappa shape index (κ2) is 7.35. The molecule has 0 atom stereocenters. The molecule has 0 radical (unpaired) electrons. The number of carbonyl (C=O) groups is 1. The molecule has 0 aliphatic heterocycles. The van der Waals surface area contributed by atoms with Crippen LogP contribution < -0.4 is 5.32 Å². The monoisotopic (exact) mass is 380 g/mol. The fourth-order valence-corrected chi connectivity index (χ4v) is 1.94. The molecule has 0 saturated heterocycles. The second-order valence-electron chi connectivity index (χ2n) is 5.29. The number of halogens is 3. The maximum atomic E-state index is 12.4. The number of aromatic nitrogens is 5. The van der Waals surface area contributed by atoms with Gasteiger partial charge in [-0.1, -0.05) is 5.16 Å². The first-order valence-corrected chi connectivity index (χ1v) is 7.39. The Morgan fingerprint density at radius 1 is 1.19 bits per heavy atom. The van der Waals surface area contributed by atoms with Gasteiger partial charge in [0.15, 0.2) is 0 Å². The third-order valence-corrected chi connectivity index (χ3v) is 3.07. The van der Waals surface area contributed by atoms with E-state index in [0.29, 0.717) is 5.56 Å². The number of anilines is 1. The van der Waals surface area contributed by atoms with Gasteiger partial charge in [-0.15, -0.1) is 0 Å². The number of nitrogens with one attached hydrogen (secondary N) is 1. The van der Waals surface area contributed by atoms with Gasteiger partial charge in [0.05, 0.1) is 18.1 Å². The molecule has 3 aromatic heterocycles. The van der Waals surface area contributed by atoms with Crippen molar-refractivity contribution in [2.75, 3.05) is 5.32 Å². The number of hydrogen-bond acceptors (Lipinski definition) is 8. The Hall–Kier alpha value is -3.57. The van der Waals surface area contributed by atoms with Gasteiger partial charge in [-0.2, -0.15) is 18.2 Å². The van der Waals surface area contributed by atoms with Gasteiger partial charge in [0.2, 0.25) is 11.6 Å². The van der Waals surface area contributed by atoms with Gasteiger partial charge in [-0.25, -0.2) is 14.8 Å². The highest BCUT2D eigenvalue weighted by Gasteiger charge is 2.38. The van der Waals surface area contributed by atoms with Crippen molar-refractivity contribution >= 4 is 11.8 Å². The molecule has 3 heterocycles. The lowest BCUT2D eigenvalue weighted by molar-refractivity contribution is -0.159. The van der Waals surface area contributed by atoms with E-state index in [2.05, 4.69) is 34.9 Å². The van der Waals surface area contributed by atoms with E-state index in [9.17, 15) is 18.0 Å². The van der Waals surface area contributed by atoms with Crippen LogP contribution in [0.2, 0.25) is 0 Å². The number of ether oxygens (including phenoxy) is 1. The third-order valence-electron chi connectivity index (χ3n) is 3.07. The molecule has 0 fully saturated rings. The van der Waals surface area contributed by atoms with Gasteiger partial charge in [0, 0.05) is 18.0 Å². The van der Waals surface area contributed by atoms with E-state index < -0.39 is 24.0 Å². The van der Waals surface area contributed by atoms with Crippen molar-refractivity contribution < 1.29 is 27.2 Å². The minimum absolute atomic E-state index is 0.0164. The van der Waals surface area contributed by atoms with Gasteiger partial charge in [-0.05, 0) is 18.6 Å². The van der Waals surface area contributed by atoms with Crippen molar-refractivity contribution in [3.8, 4) is 11.6 Å². The van der Waals surface area contributed by atoms with Crippen LogP contribution in [0.25, 0.3) is 11.6 Å². The number of nitrogens with zero attached hydrogens (tertiary/aromatic N) is 5. The molecule has 3 rings (SSSR count). The molecular formula is C15H11F3N6O3. The van der Waals surface area contributed by atoms with E-state index >= 15 is 0 Å². The Morgan fingerprint density at radius 3 is 2.56 bits per heavy atom. The molecular weight excluding hydrogens is 369 g/mol. The van der Waals surface area contributed by atoms with Crippen LogP contribution in [-0.4, -0.2) is 31.2 Å². The fourth-order valence-electron chi connectivity index (χ4n) is 1.94. The van der Waals surface area contributed by atoms with Crippen molar-refractivity contribution in [3.05, 3.63) is 47.9 Å². The van der Waals surface area contributed by atoms with Crippen LogP contribution >= 0.6 is 0 Å². The van der Waals surface area contributed by atoms with Crippen molar-refractivity contribution in [2.45, 2.75) is 19.7 Å². The molecule has 1 N–H and O–H groups in total. The predicted molar refractivity (Wildman–Crippen MR) is 83.1 cm³/mol. The van der Waals surface area contributed by atoms with E-state index in [1.54, 1.807) is 12.4 Å². The fraction of sp³-hybridized carbons (Fsp3) is 0.200. The molecule has 12 heteroatoms. The lowest BCUT2D eigenvalue weighted by Crippen LogP contribution is -2.14. The van der Waals surface area contributed by atoms with Crippen molar-refractivity contribution in [2.24, 2.45) is 0 Å². The van der Waals surface area contributed by atoms with Gasteiger partial charge < -0.3 is 9.26 Å². The molecule has 0 aliphatic rings. The van der Waals surface area contributed by atoms with E-state index in [4.69, 9.17) is 4.74 Å². The van der Waals surface area contributed by atoms with Gasteiger partial charge in [0.25, 0.3) is 0 Å². The summed E-state index contributed by atoms with van der Waals surface area (Å²) in [5.74, 6) is -2.13. The lowest BCUT2D eigenvalue weighted by Gasteiger charge is -2.07. The minimum atomic E-state index is -4.76. The van der Waals surface area contributed by atoms with E-state index in [0.717, 1.165) is 5.56 Å². The highest BCUT2D eigenvalue weighted by molar-refractivity contribution is 5.84. The van der Waals surface area contributed by atoms with Crippen LogP contribution in [0, 0.1) is 6.92 Å². The molecule has 0 aliphatic carbocycles. The Kier molecular flexibility index (Phi) is 4.96. The lowest BCUT2D eigenvalue weighted by atomic mass is 10.2. The summed E-state index contributed by atoms with van der Waals surface area (Å²) >= 11 is 0. The molecule has 3 aromatic rings. The molecule has 140 valence electrons. The number of rotatable bonds is 4. The largest absolute Gasteiger partial charge is 0.471 e. The van der Waals surface area contributed by atoms with Crippen molar-refractivity contribution in [1.29, 1.82) is 0 Å². The Morgan fingerprint density at radius 2 is 1.93 bits per heavy atom. The summed E-state index contributed by atoms with van der Waals surface area (Å²) in [6.07, 6.45) is 0.0562. The van der Waals surface area contributed by atoms with Gasteiger partial charge >= 0.3 is 18.2 Å². The summed E-state index contributed by atoms with van der Waals surface area (Å²) in [5.41, 5.74) is 1.82. The molecule has 27 heavy (non-hydrogen) atoms. The molecule has 0 unspecified atom stereocenters. The molecule has 9 nitrogen and oxygen atoms in total. The average Bonchev–Trinajstić information content (AvgIpc) is 3.11. The Bertz CT molecular complexity index is 942.